The summed E-state index contributed by atoms with van der Waals surface area (Å²) < 4.78 is 23.1. The average Bonchev–Trinajstić information content (AvgIpc) is 3.21. The zero-order chi connectivity index (χ0) is 16.7. The summed E-state index contributed by atoms with van der Waals surface area (Å²) in [6.45, 7) is 0.375. The first-order valence-corrected chi connectivity index (χ1v) is 10.7. The van der Waals surface area contributed by atoms with Crippen molar-refractivity contribution in [3.8, 4) is 0 Å². The number of aryl methyl sites for hydroxylation is 1. The van der Waals surface area contributed by atoms with Crippen LogP contribution >= 0.6 is 0 Å². The van der Waals surface area contributed by atoms with E-state index in [9.17, 15) is 13.2 Å². The molecule has 1 aliphatic heterocycles. The van der Waals surface area contributed by atoms with Crippen LogP contribution in [-0.2, 0) is 21.1 Å². The molecule has 5 nitrogen and oxygen atoms in total. The van der Waals surface area contributed by atoms with Crippen molar-refractivity contribution in [2.45, 2.75) is 50.2 Å². The number of nitrogens with one attached hydrogen (secondary N) is 1. The maximum atomic E-state index is 12.5. The van der Waals surface area contributed by atoms with E-state index in [4.69, 9.17) is 0 Å². The van der Waals surface area contributed by atoms with Crippen LogP contribution in [0.1, 0.15) is 42.9 Å². The first kappa shape index (κ1) is 16.1. The number of carbonyl (C=O) groups is 1. The van der Waals surface area contributed by atoms with Gasteiger partial charge in [0.05, 0.1) is 18.1 Å². The quantitative estimate of drug-likeness (QED) is 0.874. The highest BCUT2D eigenvalue weighted by Gasteiger charge is 2.39. The van der Waals surface area contributed by atoms with E-state index in [2.05, 4.69) is 34.5 Å². The van der Waals surface area contributed by atoms with Crippen molar-refractivity contribution in [3.63, 3.8) is 0 Å². The average molecular weight is 348 g/mol. The van der Waals surface area contributed by atoms with E-state index in [1.165, 1.54) is 11.1 Å². The second kappa shape index (κ2) is 6.15. The van der Waals surface area contributed by atoms with Crippen molar-refractivity contribution in [2.24, 2.45) is 0 Å². The lowest BCUT2D eigenvalue weighted by molar-refractivity contribution is -0.123. The number of rotatable bonds is 5. The Kier molecular flexibility index (Phi) is 4.12. The first-order valence-electron chi connectivity index (χ1n) is 8.85. The zero-order valence-electron chi connectivity index (χ0n) is 13.8. The molecule has 2 atom stereocenters. The molecule has 1 saturated heterocycles. The third-order valence-electron chi connectivity index (χ3n) is 5.44. The number of nitrogens with zero attached hydrogens (tertiary/aromatic N) is 1. The van der Waals surface area contributed by atoms with Gasteiger partial charge in [-0.25, -0.2) is 8.42 Å². The highest BCUT2D eigenvalue weighted by Crippen LogP contribution is 2.41. The molecule has 1 aromatic rings. The minimum absolute atomic E-state index is 0.0339. The van der Waals surface area contributed by atoms with Gasteiger partial charge in [0, 0.05) is 18.1 Å². The molecule has 24 heavy (non-hydrogen) atoms. The maximum absolute atomic E-state index is 12.5. The third-order valence-corrected chi connectivity index (χ3v) is 7.21. The topological polar surface area (TPSA) is 66.5 Å². The SMILES string of the molecule is O=C(CN(C1CC1)[C@H]1CCc2ccccc21)N[C@@H]1CCS(=O)(=O)C1. The van der Waals surface area contributed by atoms with Gasteiger partial charge in [-0.1, -0.05) is 24.3 Å². The van der Waals surface area contributed by atoms with Crippen LogP contribution in [0.2, 0.25) is 0 Å². The molecule has 0 bridgehead atoms. The number of carbonyl (C=O) groups excluding carboxylic acids is 1. The monoisotopic (exact) mass is 348 g/mol. The lowest BCUT2D eigenvalue weighted by atomic mass is 10.1. The molecule has 0 spiro atoms. The number of hydrogen-bond donors (Lipinski definition) is 1. The molecule has 2 fully saturated rings. The van der Waals surface area contributed by atoms with Crippen LogP contribution in [0.25, 0.3) is 0 Å². The predicted octanol–water partition coefficient (Wildman–Crippen LogP) is 1.44. The van der Waals surface area contributed by atoms with E-state index in [1.807, 2.05) is 0 Å². The zero-order valence-corrected chi connectivity index (χ0v) is 14.6. The molecule has 1 N–H and O–H groups in total. The van der Waals surface area contributed by atoms with Gasteiger partial charge in [0.15, 0.2) is 9.84 Å². The molecule has 1 saturated carbocycles. The Hall–Kier alpha value is -1.40. The number of sulfone groups is 1. The Bertz CT molecular complexity index is 742. The summed E-state index contributed by atoms with van der Waals surface area (Å²) in [5.41, 5.74) is 2.76. The van der Waals surface area contributed by atoms with Gasteiger partial charge in [0.1, 0.15) is 0 Å². The van der Waals surface area contributed by atoms with Crippen molar-refractivity contribution in [1.82, 2.24) is 10.2 Å². The lowest BCUT2D eigenvalue weighted by Crippen LogP contribution is -2.44. The molecule has 6 heteroatoms. The van der Waals surface area contributed by atoms with Gasteiger partial charge in [-0.05, 0) is 43.2 Å². The van der Waals surface area contributed by atoms with Crippen LogP contribution < -0.4 is 5.32 Å². The van der Waals surface area contributed by atoms with E-state index in [0.29, 0.717) is 25.0 Å². The van der Waals surface area contributed by atoms with Crippen LogP contribution in [0.5, 0.6) is 0 Å². The second-order valence-electron chi connectivity index (χ2n) is 7.32. The highest BCUT2D eigenvalue weighted by atomic mass is 32.2. The standard InChI is InChI=1S/C18H24N2O3S/c21-18(19-14-9-10-24(22,23)12-14)11-20(15-6-7-15)17-8-5-13-3-1-2-4-16(13)17/h1-4,14-15,17H,5-12H2,(H,19,21)/t14-,17+/m1/s1. The Morgan fingerprint density at radius 1 is 1.17 bits per heavy atom. The van der Waals surface area contributed by atoms with Crippen molar-refractivity contribution in [2.75, 3.05) is 18.1 Å². The van der Waals surface area contributed by atoms with Crippen LogP contribution in [0, 0.1) is 0 Å². The first-order chi connectivity index (χ1) is 11.5. The maximum Gasteiger partial charge on any atom is 0.234 e. The summed E-state index contributed by atoms with van der Waals surface area (Å²) in [6, 6.07) is 9.14. The highest BCUT2D eigenvalue weighted by molar-refractivity contribution is 7.91. The van der Waals surface area contributed by atoms with Crippen molar-refractivity contribution in [1.29, 1.82) is 0 Å². The molecular weight excluding hydrogens is 324 g/mol. The molecule has 1 aromatic carbocycles. The number of amides is 1. The van der Waals surface area contributed by atoms with E-state index in [1.54, 1.807) is 0 Å². The molecule has 130 valence electrons. The second-order valence-corrected chi connectivity index (χ2v) is 9.55. The van der Waals surface area contributed by atoms with Crippen molar-refractivity contribution >= 4 is 15.7 Å². The smallest absolute Gasteiger partial charge is 0.234 e. The molecule has 1 heterocycles. The van der Waals surface area contributed by atoms with E-state index in [0.717, 1.165) is 25.7 Å². The van der Waals surface area contributed by atoms with Gasteiger partial charge < -0.3 is 5.32 Å². The molecule has 0 unspecified atom stereocenters. The van der Waals surface area contributed by atoms with Crippen LogP contribution in [0.4, 0.5) is 0 Å². The van der Waals surface area contributed by atoms with Gasteiger partial charge in [-0.3, -0.25) is 9.69 Å². The molecule has 0 aromatic heterocycles. The summed E-state index contributed by atoms with van der Waals surface area (Å²) in [5, 5.41) is 2.94. The number of hydrogen-bond acceptors (Lipinski definition) is 4. The van der Waals surface area contributed by atoms with E-state index < -0.39 is 9.84 Å². The predicted molar refractivity (Wildman–Crippen MR) is 92.4 cm³/mol. The summed E-state index contributed by atoms with van der Waals surface area (Å²) in [6.07, 6.45) is 5.00. The van der Waals surface area contributed by atoms with Gasteiger partial charge in [0.2, 0.25) is 5.91 Å². The minimum Gasteiger partial charge on any atom is -0.351 e. The van der Waals surface area contributed by atoms with Gasteiger partial charge >= 0.3 is 0 Å². The van der Waals surface area contributed by atoms with E-state index in [-0.39, 0.29) is 23.5 Å². The van der Waals surface area contributed by atoms with Crippen LogP contribution in [0.15, 0.2) is 24.3 Å². The summed E-state index contributed by atoms with van der Waals surface area (Å²) >= 11 is 0. The Morgan fingerprint density at radius 3 is 2.67 bits per heavy atom. The Labute approximate surface area is 143 Å². The normalized spacial score (nSPS) is 28.0. The van der Waals surface area contributed by atoms with E-state index >= 15 is 0 Å². The largest absolute Gasteiger partial charge is 0.351 e. The van der Waals surface area contributed by atoms with Crippen LogP contribution in [0.3, 0.4) is 0 Å². The fraction of sp³-hybridized carbons (Fsp3) is 0.611. The molecule has 1 amide bonds. The fourth-order valence-electron chi connectivity index (χ4n) is 4.13. The number of fused-ring (bicyclic) bond motifs is 1. The molecule has 0 radical (unpaired) electrons. The summed E-state index contributed by atoms with van der Waals surface area (Å²) in [4.78, 5) is 14.8. The minimum atomic E-state index is -2.96. The molecular formula is C18H24N2O3S. The van der Waals surface area contributed by atoms with Gasteiger partial charge in [0.25, 0.3) is 0 Å². The molecule has 4 rings (SSSR count). The van der Waals surface area contributed by atoms with Crippen molar-refractivity contribution in [3.05, 3.63) is 35.4 Å². The third kappa shape index (κ3) is 3.35. The van der Waals surface area contributed by atoms with Gasteiger partial charge in [-0.2, -0.15) is 0 Å². The van der Waals surface area contributed by atoms with Crippen molar-refractivity contribution < 1.29 is 13.2 Å². The fourth-order valence-corrected chi connectivity index (χ4v) is 5.80. The number of benzene rings is 1. The Balaban J connectivity index is 1.43. The molecule has 2 aliphatic carbocycles. The summed E-state index contributed by atoms with van der Waals surface area (Å²) in [7, 11) is -2.96. The Morgan fingerprint density at radius 2 is 1.96 bits per heavy atom. The summed E-state index contributed by atoms with van der Waals surface area (Å²) in [5.74, 6) is 0.253. The van der Waals surface area contributed by atoms with Gasteiger partial charge in [-0.15, -0.1) is 0 Å². The van der Waals surface area contributed by atoms with Crippen LogP contribution in [-0.4, -0.2) is 49.4 Å². The lowest BCUT2D eigenvalue weighted by Gasteiger charge is -2.29. The molecule has 3 aliphatic rings.